The second-order valence-corrected chi connectivity index (χ2v) is 5.86. The number of rotatable bonds is 2. The van der Waals surface area contributed by atoms with Gasteiger partial charge in [0.2, 0.25) is 0 Å². The largest absolute Gasteiger partial charge is 0.345 e. The lowest BCUT2D eigenvalue weighted by Crippen LogP contribution is -1.97. The monoisotopic (exact) mass is 270 g/mol. The van der Waals surface area contributed by atoms with Gasteiger partial charge in [0.05, 0.1) is 21.2 Å². The van der Waals surface area contributed by atoms with Crippen molar-refractivity contribution in [3.05, 3.63) is 33.0 Å². The molecule has 2 heterocycles. The van der Waals surface area contributed by atoms with Crippen LogP contribution in [0, 0.1) is 4.64 Å². The van der Waals surface area contributed by atoms with Crippen molar-refractivity contribution in [3.8, 4) is 10.6 Å². The van der Waals surface area contributed by atoms with Crippen LogP contribution in [0.15, 0.2) is 18.5 Å². The van der Waals surface area contributed by atoms with Crippen LogP contribution in [0.2, 0.25) is 4.34 Å². The highest BCUT2D eigenvalue weighted by Crippen LogP contribution is 2.34. The van der Waals surface area contributed by atoms with Gasteiger partial charge >= 0.3 is 0 Å². The van der Waals surface area contributed by atoms with Gasteiger partial charge in [-0.3, -0.25) is 0 Å². The minimum atomic E-state index is 0.341. The fourth-order valence-corrected chi connectivity index (χ4v) is 3.05. The van der Waals surface area contributed by atoms with E-state index in [2.05, 4.69) is 23.8 Å². The van der Waals surface area contributed by atoms with Crippen LogP contribution < -0.4 is 0 Å². The second kappa shape index (κ2) is 4.65. The Morgan fingerprint density at radius 3 is 2.75 bits per heavy atom. The van der Waals surface area contributed by atoms with Gasteiger partial charge in [0.1, 0.15) is 4.64 Å². The highest BCUT2D eigenvalue weighted by atomic mass is 35.5. The van der Waals surface area contributed by atoms with Crippen molar-refractivity contribution in [1.29, 1.82) is 0 Å². The lowest BCUT2D eigenvalue weighted by molar-refractivity contribution is 0.844. The average molecular weight is 271 g/mol. The minimum absolute atomic E-state index is 0.341. The molecule has 0 aliphatic rings. The van der Waals surface area contributed by atoms with Gasteiger partial charge in [-0.1, -0.05) is 37.7 Å². The number of H-pyrrole nitrogens is 1. The van der Waals surface area contributed by atoms with Crippen LogP contribution >= 0.6 is 35.2 Å². The van der Waals surface area contributed by atoms with Crippen LogP contribution in [0.1, 0.15) is 25.3 Å². The van der Waals surface area contributed by atoms with E-state index in [0.717, 1.165) is 20.5 Å². The third kappa shape index (κ3) is 2.19. The van der Waals surface area contributed by atoms with E-state index in [4.69, 9.17) is 23.8 Å². The van der Waals surface area contributed by atoms with Crippen molar-refractivity contribution in [2.75, 3.05) is 0 Å². The smallest absolute Gasteiger partial charge is 0.133 e. The van der Waals surface area contributed by atoms with Crippen LogP contribution in [-0.4, -0.2) is 9.97 Å². The Bertz CT molecular complexity index is 557. The van der Waals surface area contributed by atoms with E-state index in [-0.39, 0.29) is 0 Å². The number of hydrogen-bond acceptors (Lipinski definition) is 3. The standard InChI is InChI=1S/C11H11ClN2S2/c1-6(2)9-10(13-5-14-11(9)15)7-3-4-8(12)16-7/h3-6H,1-2H3,(H,13,14,15). The highest BCUT2D eigenvalue weighted by molar-refractivity contribution is 7.71. The van der Waals surface area contributed by atoms with E-state index in [1.54, 1.807) is 17.7 Å². The Morgan fingerprint density at radius 1 is 1.44 bits per heavy atom. The number of hydrogen-bond donors (Lipinski definition) is 1. The van der Waals surface area contributed by atoms with Crippen molar-refractivity contribution in [2.45, 2.75) is 19.8 Å². The lowest BCUT2D eigenvalue weighted by atomic mass is 10.0. The summed E-state index contributed by atoms with van der Waals surface area (Å²) in [7, 11) is 0. The maximum absolute atomic E-state index is 5.94. The number of nitrogens with one attached hydrogen (secondary N) is 1. The molecule has 2 aromatic rings. The zero-order chi connectivity index (χ0) is 11.7. The molecule has 84 valence electrons. The molecule has 2 nitrogen and oxygen atoms in total. The van der Waals surface area contributed by atoms with E-state index in [1.165, 1.54) is 0 Å². The van der Waals surface area contributed by atoms with E-state index < -0.39 is 0 Å². The first-order chi connectivity index (χ1) is 7.59. The van der Waals surface area contributed by atoms with Gasteiger partial charge in [-0.2, -0.15) is 0 Å². The average Bonchev–Trinajstić information content (AvgIpc) is 2.63. The van der Waals surface area contributed by atoms with E-state index in [9.17, 15) is 0 Å². The topological polar surface area (TPSA) is 28.7 Å². The molecule has 0 saturated carbocycles. The molecule has 1 N–H and O–H groups in total. The summed E-state index contributed by atoms with van der Waals surface area (Å²) >= 11 is 12.7. The lowest BCUT2D eigenvalue weighted by Gasteiger charge is -2.10. The van der Waals surface area contributed by atoms with Crippen molar-refractivity contribution in [2.24, 2.45) is 0 Å². The Kier molecular flexibility index (Phi) is 3.42. The molecule has 0 atom stereocenters. The molecule has 0 bridgehead atoms. The molecule has 0 unspecified atom stereocenters. The SMILES string of the molecule is CC(C)c1c(-c2ccc(Cl)s2)[nH]cnc1=S. The zero-order valence-electron chi connectivity index (χ0n) is 8.95. The Balaban J connectivity index is 2.65. The van der Waals surface area contributed by atoms with Gasteiger partial charge < -0.3 is 4.98 Å². The molecule has 0 radical (unpaired) electrons. The molecule has 0 spiro atoms. The first-order valence-electron chi connectivity index (χ1n) is 4.93. The number of nitrogens with zero attached hydrogens (tertiary/aromatic N) is 1. The molecular weight excluding hydrogens is 260 g/mol. The first kappa shape index (κ1) is 11.8. The van der Waals surface area contributed by atoms with Crippen molar-refractivity contribution in [3.63, 3.8) is 0 Å². The van der Waals surface area contributed by atoms with Gasteiger partial charge in [-0.15, -0.1) is 11.3 Å². The predicted octanol–water partition coefficient (Wildman–Crippen LogP) is 4.64. The molecule has 5 heteroatoms. The maximum Gasteiger partial charge on any atom is 0.133 e. The fourth-order valence-electron chi connectivity index (χ4n) is 1.60. The molecule has 0 aromatic carbocycles. The molecule has 0 aliphatic carbocycles. The fraction of sp³-hybridized carbons (Fsp3) is 0.273. The summed E-state index contributed by atoms with van der Waals surface area (Å²) in [5.74, 6) is 0.341. The molecule has 2 rings (SSSR count). The van der Waals surface area contributed by atoms with E-state index >= 15 is 0 Å². The molecule has 0 fully saturated rings. The van der Waals surface area contributed by atoms with Crippen LogP contribution in [-0.2, 0) is 0 Å². The molecule has 0 aliphatic heterocycles. The van der Waals surface area contributed by atoms with Crippen LogP contribution in [0.25, 0.3) is 10.6 Å². The third-order valence-electron chi connectivity index (χ3n) is 2.29. The summed E-state index contributed by atoms with van der Waals surface area (Å²) in [6.45, 7) is 4.22. The quantitative estimate of drug-likeness (QED) is 0.805. The molecule has 0 saturated heterocycles. The van der Waals surface area contributed by atoms with Gasteiger partial charge in [0, 0.05) is 5.56 Å². The summed E-state index contributed by atoms with van der Waals surface area (Å²) in [5.41, 5.74) is 2.11. The molecule has 2 aromatic heterocycles. The normalized spacial score (nSPS) is 11.0. The predicted molar refractivity (Wildman–Crippen MR) is 71.8 cm³/mol. The Morgan fingerprint density at radius 2 is 2.19 bits per heavy atom. The second-order valence-electron chi connectivity index (χ2n) is 3.75. The summed E-state index contributed by atoms with van der Waals surface area (Å²) in [6, 6.07) is 3.89. The Labute approximate surface area is 108 Å². The Hall–Kier alpha value is -0.710. The molecular formula is C11H11ClN2S2. The van der Waals surface area contributed by atoms with Crippen LogP contribution in [0.5, 0.6) is 0 Å². The van der Waals surface area contributed by atoms with Crippen molar-refractivity contribution >= 4 is 35.2 Å². The number of halogens is 1. The number of thiophene rings is 1. The first-order valence-corrected chi connectivity index (χ1v) is 6.53. The van der Waals surface area contributed by atoms with Gasteiger partial charge in [0.15, 0.2) is 0 Å². The molecule has 0 amide bonds. The summed E-state index contributed by atoms with van der Waals surface area (Å²) in [5, 5.41) is 0. The van der Waals surface area contributed by atoms with Gasteiger partial charge in [-0.25, -0.2) is 4.98 Å². The van der Waals surface area contributed by atoms with Gasteiger partial charge in [0.25, 0.3) is 0 Å². The highest BCUT2D eigenvalue weighted by Gasteiger charge is 2.13. The number of aromatic nitrogens is 2. The van der Waals surface area contributed by atoms with Gasteiger partial charge in [-0.05, 0) is 18.1 Å². The summed E-state index contributed by atoms with van der Waals surface area (Å²) in [4.78, 5) is 8.39. The van der Waals surface area contributed by atoms with Crippen molar-refractivity contribution in [1.82, 2.24) is 9.97 Å². The van der Waals surface area contributed by atoms with Crippen LogP contribution in [0.3, 0.4) is 0 Å². The zero-order valence-corrected chi connectivity index (χ0v) is 11.3. The summed E-state index contributed by atoms with van der Waals surface area (Å²) in [6.07, 6.45) is 1.64. The van der Waals surface area contributed by atoms with Crippen LogP contribution in [0.4, 0.5) is 0 Å². The number of aromatic amines is 1. The summed E-state index contributed by atoms with van der Waals surface area (Å²) < 4.78 is 1.44. The van der Waals surface area contributed by atoms with E-state index in [0.29, 0.717) is 10.6 Å². The van der Waals surface area contributed by atoms with Crippen molar-refractivity contribution < 1.29 is 0 Å². The molecule has 16 heavy (non-hydrogen) atoms. The minimum Gasteiger partial charge on any atom is -0.345 e. The maximum atomic E-state index is 5.94. The van der Waals surface area contributed by atoms with E-state index in [1.807, 2.05) is 12.1 Å². The third-order valence-corrected chi connectivity index (χ3v) is 3.86.